The summed E-state index contributed by atoms with van der Waals surface area (Å²) in [5.74, 6) is -0.555. The molecule has 1 atom stereocenters. The van der Waals surface area contributed by atoms with Gasteiger partial charge in [-0.3, -0.25) is 4.79 Å². The van der Waals surface area contributed by atoms with Crippen LogP contribution in [0.4, 0.5) is 18.0 Å². The van der Waals surface area contributed by atoms with E-state index >= 15 is 0 Å². The van der Waals surface area contributed by atoms with Gasteiger partial charge in [-0.2, -0.15) is 18.3 Å². The van der Waals surface area contributed by atoms with Crippen LogP contribution in [0.1, 0.15) is 41.1 Å². The van der Waals surface area contributed by atoms with E-state index in [2.05, 4.69) is 10.1 Å². The monoisotopic (exact) mass is 530 g/mol. The van der Waals surface area contributed by atoms with E-state index in [1.165, 1.54) is 22.3 Å². The molecule has 0 fully saturated rings. The van der Waals surface area contributed by atoms with E-state index in [1.807, 2.05) is 13.1 Å². The largest absolute Gasteiger partial charge is 0.416 e. The summed E-state index contributed by atoms with van der Waals surface area (Å²) in [5.41, 5.74) is 12.9. The average Bonchev–Trinajstić information content (AvgIpc) is 3.38. The van der Waals surface area contributed by atoms with Gasteiger partial charge in [0.1, 0.15) is 5.01 Å². The van der Waals surface area contributed by atoms with Gasteiger partial charge in [0.25, 0.3) is 0 Å². The van der Waals surface area contributed by atoms with Gasteiger partial charge in [0, 0.05) is 13.1 Å². The predicted octanol–water partition coefficient (Wildman–Crippen LogP) is 4.09. The number of carbonyl (C=O) groups is 2. The Labute approximate surface area is 214 Å². The number of imidazole rings is 1. The van der Waals surface area contributed by atoms with Gasteiger partial charge in [0.15, 0.2) is 0 Å². The molecule has 0 spiro atoms. The van der Waals surface area contributed by atoms with Gasteiger partial charge in [-0.25, -0.2) is 14.3 Å². The van der Waals surface area contributed by atoms with Gasteiger partial charge in [-0.1, -0.05) is 29.5 Å². The number of aromatic nitrogens is 3. The molecule has 1 aromatic carbocycles. The number of halogens is 3. The number of nitrogens with two attached hydrogens (primary N) is 2. The Morgan fingerprint density at radius 2 is 2.03 bits per heavy atom. The molecule has 194 valence electrons. The number of rotatable bonds is 5. The number of benzene rings is 1. The maximum atomic E-state index is 13.4. The number of nitrogens with zero attached hydrogens (tertiary/aromatic N) is 4. The summed E-state index contributed by atoms with van der Waals surface area (Å²) in [6, 6.07) is 4.50. The fourth-order valence-corrected chi connectivity index (χ4v) is 6.04. The quantitative estimate of drug-likeness (QED) is 0.516. The number of aryl methyl sites for hydroxylation is 2. The van der Waals surface area contributed by atoms with E-state index in [0.717, 1.165) is 33.4 Å². The lowest BCUT2D eigenvalue weighted by Crippen LogP contribution is -2.49. The highest BCUT2D eigenvalue weighted by molar-refractivity contribution is 7.16. The van der Waals surface area contributed by atoms with Crippen molar-refractivity contribution < 1.29 is 22.8 Å². The Hall–Kier alpha value is -3.67. The third kappa shape index (κ3) is 4.50. The molecule has 3 aromatic rings. The van der Waals surface area contributed by atoms with Crippen LogP contribution in [0.3, 0.4) is 0 Å². The minimum absolute atomic E-state index is 0.0862. The first kappa shape index (κ1) is 25.0. The molecule has 1 aliphatic carbocycles. The number of carbonyl (C=O) groups excluding carboxylic acids is 2. The van der Waals surface area contributed by atoms with Gasteiger partial charge in [0.05, 0.1) is 22.9 Å². The van der Waals surface area contributed by atoms with Crippen molar-refractivity contribution in [3.63, 3.8) is 0 Å². The molecule has 1 unspecified atom stereocenters. The molecule has 5 rings (SSSR count). The van der Waals surface area contributed by atoms with Crippen LogP contribution in [0.2, 0.25) is 0 Å². The first-order chi connectivity index (χ1) is 17.5. The Bertz CT molecular complexity index is 1440. The van der Waals surface area contributed by atoms with Gasteiger partial charge in [0.2, 0.25) is 10.9 Å². The predicted molar refractivity (Wildman–Crippen MR) is 132 cm³/mol. The molecule has 8 nitrogen and oxygen atoms in total. The molecule has 0 radical (unpaired) electrons. The third-order valence-electron chi connectivity index (χ3n) is 7.19. The Morgan fingerprint density at radius 1 is 1.24 bits per heavy atom. The zero-order chi connectivity index (χ0) is 26.5. The van der Waals surface area contributed by atoms with E-state index in [4.69, 9.17) is 11.5 Å². The van der Waals surface area contributed by atoms with Crippen molar-refractivity contribution in [3.05, 3.63) is 69.5 Å². The fourth-order valence-electron chi connectivity index (χ4n) is 5.30. The molecule has 0 saturated heterocycles. The minimum Gasteiger partial charge on any atom is -0.369 e. The van der Waals surface area contributed by atoms with Gasteiger partial charge in [-0.15, -0.1) is 0 Å². The SMILES string of the molecule is Cc1nn2cc(CCC3(C(N)=O)CC=C(c4cccc(C(F)(F)F)c4)C4=C3CN(C(N)=O)CC4)nc2s1. The second kappa shape index (κ2) is 9.02. The van der Waals surface area contributed by atoms with Gasteiger partial charge >= 0.3 is 12.2 Å². The molecule has 0 bridgehead atoms. The highest BCUT2D eigenvalue weighted by Crippen LogP contribution is 2.49. The molecule has 37 heavy (non-hydrogen) atoms. The zero-order valence-corrected chi connectivity index (χ0v) is 20.8. The molecule has 2 aromatic heterocycles. The molecule has 0 saturated carbocycles. The van der Waals surface area contributed by atoms with Crippen LogP contribution in [0.15, 0.2) is 47.7 Å². The van der Waals surface area contributed by atoms with Crippen molar-refractivity contribution in [1.29, 1.82) is 0 Å². The molecule has 3 heterocycles. The lowest BCUT2D eigenvalue weighted by Gasteiger charge is -2.43. The van der Waals surface area contributed by atoms with E-state index in [0.29, 0.717) is 42.5 Å². The van der Waals surface area contributed by atoms with Gasteiger partial charge < -0.3 is 16.4 Å². The van der Waals surface area contributed by atoms with Crippen molar-refractivity contribution in [2.45, 2.75) is 38.8 Å². The number of urea groups is 1. The zero-order valence-electron chi connectivity index (χ0n) is 20.0. The third-order valence-corrected chi connectivity index (χ3v) is 8.03. The van der Waals surface area contributed by atoms with E-state index in [9.17, 15) is 22.8 Å². The van der Waals surface area contributed by atoms with E-state index in [1.54, 1.807) is 16.7 Å². The van der Waals surface area contributed by atoms with Gasteiger partial charge in [-0.05, 0) is 67.0 Å². The summed E-state index contributed by atoms with van der Waals surface area (Å²) < 4.78 is 41.9. The maximum absolute atomic E-state index is 13.4. The maximum Gasteiger partial charge on any atom is 0.416 e. The highest BCUT2D eigenvalue weighted by Gasteiger charge is 2.46. The van der Waals surface area contributed by atoms with Crippen molar-refractivity contribution in [2.75, 3.05) is 13.1 Å². The minimum atomic E-state index is -4.49. The van der Waals surface area contributed by atoms with Crippen LogP contribution >= 0.6 is 11.3 Å². The second-order valence-corrected chi connectivity index (χ2v) is 10.6. The number of hydrogen-bond donors (Lipinski definition) is 2. The van der Waals surface area contributed by atoms with Crippen LogP contribution in [0.25, 0.3) is 10.5 Å². The fraction of sp³-hybridized carbons (Fsp3) is 0.360. The Balaban J connectivity index is 1.54. The second-order valence-electron chi connectivity index (χ2n) is 9.39. The van der Waals surface area contributed by atoms with Crippen LogP contribution in [0, 0.1) is 12.3 Å². The number of primary amides is 2. The normalized spacial score (nSPS) is 20.2. The Kier molecular flexibility index (Phi) is 6.09. The van der Waals surface area contributed by atoms with Crippen LogP contribution in [0.5, 0.6) is 0 Å². The Morgan fingerprint density at radius 3 is 2.70 bits per heavy atom. The van der Waals surface area contributed by atoms with E-state index < -0.39 is 29.1 Å². The average molecular weight is 531 g/mol. The number of hydrogen-bond acceptors (Lipinski definition) is 5. The molecular formula is C25H25F3N6O2S. The highest BCUT2D eigenvalue weighted by atomic mass is 32.1. The summed E-state index contributed by atoms with van der Waals surface area (Å²) in [5, 5.41) is 5.25. The van der Waals surface area contributed by atoms with Crippen LogP contribution in [-0.2, 0) is 17.4 Å². The van der Waals surface area contributed by atoms with Crippen molar-refractivity contribution in [3.8, 4) is 0 Å². The topological polar surface area (TPSA) is 120 Å². The first-order valence-corrected chi connectivity index (χ1v) is 12.6. The molecule has 2 aliphatic rings. The lowest BCUT2D eigenvalue weighted by molar-refractivity contribution is -0.137. The van der Waals surface area contributed by atoms with Crippen molar-refractivity contribution >= 4 is 33.8 Å². The van der Waals surface area contributed by atoms with Crippen molar-refractivity contribution in [2.24, 2.45) is 16.9 Å². The molecule has 3 amide bonds. The van der Waals surface area contributed by atoms with Crippen molar-refractivity contribution in [1.82, 2.24) is 19.5 Å². The number of amides is 3. The molecule has 12 heteroatoms. The van der Waals surface area contributed by atoms with Crippen LogP contribution < -0.4 is 11.5 Å². The summed E-state index contributed by atoms with van der Waals surface area (Å²) in [7, 11) is 0. The van der Waals surface area contributed by atoms with Crippen LogP contribution in [-0.4, -0.2) is 44.5 Å². The first-order valence-electron chi connectivity index (χ1n) is 11.7. The summed E-state index contributed by atoms with van der Waals surface area (Å²) >= 11 is 1.45. The smallest absolute Gasteiger partial charge is 0.369 e. The summed E-state index contributed by atoms with van der Waals surface area (Å²) in [4.78, 5) is 31.9. The standard InChI is InChI=1S/C25H25F3N6O2S/c1-14-32-34-12-17(31-23(34)37-14)5-8-24(21(29)35)9-6-18(15-3-2-4-16(11-15)25(26,27)28)19-7-10-33(22(30)36)13-20(19)24/h2-4,6,11-12H,5,7-10,13H2,1H3,(H2,29,35)(H2,30,36). The number of allylic oxidation sites excluding steroid dienone is 2. The number of alkyl halides is 3. The summed E-state index contributed by atoms with van der Waals surface area (Å²) in [6.45, 7) is 2.27. The molecular weight excluding hydrogens is 505 g/mol. The lowest BCUT2D eigenvalue weighted by atomic mass is 9.64. The molecule has 4 N–H and O–H groups in total. The van der Waals surface area contributed by atoms with E-state index in [-0.39, 0.29) is 13.0 Å². The number of fused-ring (bicyclic) bond motifs is 1. The summed E-state index contributed by atoms with van der Waals surface area (Å²) in [6.07, 6.45) is 0.419. The molecule has 1 aliphatic heterocycles.